The fourth-order valence-electron chi connectivity index (χ4n) is 2.01. The average Bonchev–Trinajstić information content (AvgIpc) is 2.46. The van der Waals surface area contributed by atoms with Crippen molar-refractivity contribution in [2.75, 3.05) is 52.0 Å². The van der Waals surface area contributed by atoms with Crippen LogP contribution in [0.1, 0.15) is 19.8 Å². The highest BCUT2D eigenvalue weighted by atomic mass is 32.2. The van der Waals surface area contributed by atoms with Gasteiger partial charge in [0, 0.05) is 52.0 Å². The molecule has 1 aliphatic rings. The number of methoxy groups -OCH3 is 1. The van der Waals surface area contributed by atoms with Crippen LogP contribution in [-0.2, 0) is 9.47 Å². The number of thioether (sulfide) groups is 1. The molecule has 0 aromatic heterocycles. The molecule has 0 unspecified atom stereocenters. The van der Waals surface area contributed by atoms with Crippen LogP contribution in [0.25, 0.3) is 0 Å². The highest BCUT2D eigenvalue weighted by Gasteiger charge is 2.32. The van der Waals surface area contributed by atoms with Crippen LogP contribution >= 0.6 is 11.8 Å². The summed E-state index contributed by atoms with van der Waals surface area (Å²) in [6.07, 6.45) is 3.93. The van der Waals surface area contributed by atoms with E-state index in [0.29, 0.717) is 6.54 Å². The Morgan fingerprint density at radius 3 is 2.68 bits per heavy atom. The van der Waals surface area contributed by atoms with Crippen molar-refractivity contribution in [3.05, 3.63) is 0 Å². The van der Waals surface area contributed by atoms with Gasteiger partial charge in [0.2, 0.25) is 0 Å². The lowest BCUT2D eigenvalue weighted by molar-refractivity contribution is -0.0828. The first kappa shape index (κ1) is 16.6. The zero-order valence-corrected chi connectivity index (χ0v) is 13.1. The third-order valence-electron chi connectivity index (χ3n) is 3.31. The smallest absolute Gasteiger partial charge is 0.191 e. The number of ether oxygens (including phenoxy) is 2. The maximum Gasteiger partial charge on any atom is 0.191 e. The predicted molar refractivity (Wildman–Crippen MR) is 82.2 cm³/mol. The lowest BCUT2D eigenvalue weighted by atomic mass is 9.94. The molecule has 0 amide bonds. The molecule has 112 valence electrons. The monoisotopic (exact) mass is 289 g/mol. The highest BCUT2D eigenvalue weighted by molar-refractivity contribution is 7.98. The van der Waals surface area contributed by atoms with Gasteiger partial charge in [-0.1, -0.05) is 0 Å². The van der Waals surface area contributed by atoms with Crippen LogP contribution in [0, 0.1) is 0 Å². The Hall–Kier alpha value is -0.460. The minimum absolute atomic E-state index is 0.153. The van der Waals surface area contributed by atoms with Gasteiger partial charge in [0.05, 0.1) is 12.1 Å². The molecule has 0 bridgehead atoms. The number of guanidine groups is 1. The van der Waals surface area contributed by atoms with Gasteiger partial charge in [0.25, 0.3) is 0 Å². The topological polar surface area (TPSA) is 54.9 Å². The minimum Gasteiger partial charge on any atom is -0.381 e. The van der Waals surface area contributed by atoms with Gasteiger partial charge in [0.15, 0.2) is 5.96 Å². The molecule has 1 rings (SSSR count). The van der Waals surface area contributed by atoms with Gasteiger partial charge in [0.1, 0.15) is 0 Å². The summed E-state index contributed by atoms with van der Waals surface area (Å²) in [6, 6.07) is 0. The fourth-order valence-corrected chi connectivity index (χ4v) is 2.31. The standard InChI is InChI=1S/C13H27N3O2S/c1-4-14-12(15-7-10-19-3)16-11-13(17-2)5-8-18-9-6-13/h4-11H2,1-3H3,(H2,14,15,16). The Kier molecular flexibility index (Phi) is 8.25. The second-order valence-corrected chi connectivity index (χ2v) is 5.60. The van der Waals surface area contributed by atoms with E-state index in [1.807, 2.05) is 11.8 Å². The van der Waals surface area contributed by atoms with Gasteiger partial charge < -0.3 is 20.1 Å². The molecule has 6 heteroatoms. The maximum atomic E-state index is 5.69. The number of nitrogens with one attached hydrogen (secondary N) is 2. The van der Waals surface area contributed by atoms with Crippen molar-refractivity contribution in [1.29, 1.82) is 0 Å². The quantitative estimate of drug-likeness (QED) is 0.418. The van der Waals surface area contributed by atoms with E-state index in [1.54, 1.807) is 7.11 Å². The van der Waals surface area contributed by atoms with Gasteiger partial charge in [-0.05, 0) is 13.2 Å². The van der Waals surface area contributed by atoms with Crippen LogP contribution in [0.5, 0.6) is 0 Å². The first-order valence-corrected chi connectivity index (χ1v) is 8.30. The summed E-state index contributed by atoms with van der Waals surface area (Å²) in [4.78, 5) is 4.66. The summed E-state index contributed by atoms with van der Waals surface area (Å²) in [6.45, 7) is 6.08. The van der Waals surface area contributed by atoms with Crippen molar-refractivity contribution in [2.45, 2.75) is 25.4 Å². The number of rotatable bonds is 7. The summed E-state index contributed by atoms with van der Waals surface area (Å²) in [5.41, 5.74) is -0.153. The Balaban J connectivity index is 2.51. The Bertz CT molecular complexity index is 269. The second kappa shape index (κ2) is 9.44. The zero-order valence-electron chi connectivity index (χ0n) is 12.3. The molecule has 19 heavy (non-hydrogen) atoms. The van der Waals surface area contributed by atoms with Crippen molar-refractivity contribution >= 4 is 17.7 Å². The van der Waals surface area contributed by atoms with Crippen molar-refractivity contribution in [1.82, 2.24) is 10.6 Å². The Morgan fingerprint density at radius 2 is 2.11 bits per heavy atom. The molecular weight excluding hydrogens is 262 g/mol. The molecular formula is C13H27N3O2S. The maximum absolute atomic E-state index is 5.69. The summed E-state index contributed by atoms with van der Waals surface area (Å²) >= 11 is 1.83. The normalized spacial score (nSPS) is 19.2. The molecule has 0 aliphatic carbocycles. The molecule has 0 atom stereocenters. The SMILES string of the molecule is CCNC(=NCC1(OC)CCOCC1)NCCSC. The van der Waals surface area contributed by atoms with Crippen LogP contribution in [0.4, 0.5) is 0 Å². The molecule has 0 radical (unpaired) electrons. The van der Waals surface area contributed by atoms with E-state index in [9.17, 15) is 0 Å². The average molecular weight is 289 g/mol. The predicted octanol–water partition coefficient (Wildman–Crippen LogP) is 1.10. The molecule has 2 N–H and O–H groups in total. The molecule has 1 aliphatic heterocycles. The third kappa shape index (κ3) is 6.01. The van der Waals surface area contributed by atoms with E-state index >= 15 is 0 Å². The van der Waals surface area contributed by atoms with Gasteiger partial charge >= 0.3 is 0 Å². The first-order valence-electron chi connectivity index (χ1n) is 6.90. The van der Waals surface area contributed by atoms with Gasteiger partial charge in [-0.2, -0.15) is 11.8 Å². The van der Waals surface area contributed by atoms with Gasteiger partial charge in [-0.25, -0.2) is 0 Å². The minimum atomic E-state index is -0.153. The highest BCUT2D eigenvalue weighted by Crippen LogP contribution is 2.24. The summed E-state index contributed by atoms with van der Waals surface area (Å²) in [5, 5.41) is 6.60. The third-order valence-corrected chi connectivity index (χ3v) is 3.92. The first-order chi connectivity index (χ1) is 9.26. The van der Waals surface area contributed by atoms with Gasteiger partial charge in [-0.3, -0.25) is 4.99 Å². The molecule has 1 saturated heterocycles. The number of nitrogens with zero attached hydrogens (tertiary/aromatic N) is 1. The molecule has 1 heterocycles. The largest absolute Gasteiger partial charge is 0.381 e. The van der Waals surface area contributed by atoms with Crippen LogP contribution in [0.2, 0.25) is 0 Å². The van der Waals surface area contributed by atoms with Crippen molar-refractivity contribution < 1.29 is 9.47 Å². The molecule has 0 saturated carbocycles. The Labute approximate surface area is 120 Å². The van der Waals surface area contributed by atoms with E-state index in [2.05, 4.69) is 28.8 Å². The van der Waals surface area contributed by atoms with Crippen molar-refractivity contribution in [3.63, 3.8) is 0 Å². The van der Waals surface area contributed by atoms with E-state index in [4.69, 9.17) is 9.47 Å². The summed E-state index contributed by atoms with van der Waals surface area (Å²) in [7, 11) is 1.77. The lowest BCUT2D eigenvalue weighted by Crippen LogP contribution is -2.44. The molecule has 0 spiro atoms. The Morgan fingerprint density at radius 1 is 1.37 bits per heavy atom. The molecule has 0 aromatic carbocycles. The van der Waals surface area contributed by atoms with E-state index in [-0.39, 0.29) is 5.60 Å². The van der Waals surface area contributed by atoms with Crippen LogP contribution in [-0.4, -0.2) is 63.5 Å². The van der Waals surface area contributed by atoms with Crippen molar-refractivity contribution in [2.24, 2.45) is 4.99 Å². The summed E-state index contributed by atoms with van der Waals surface area (Å²) in [5.74, 6) is 1.95. The number of hydrogen-bond acceptors (Lipinski definition) is 4. The van der Waals surface area contributed by atoms with Crippen LogP contribution in [0.3, 0.4) is 0 Å². The van der Waals surface area contributed by atoms with E-state index < -0.39 is 0 Å². The number of aliphatic imine (C=N–C) groups is 1. The molecule has 1 fully saturated rings. The van der Waals surface area contributed by atoms with Crippen LogP contribution < -0.4 is 10.6 Å². The van der Waals surface area contributed by atoms with Gasteiger partial charge in [-0.15, -0.1) is 0 Å². The van der Waals surface area contributed by atoms with Crippen molar-refractivity contribution in [3.8, 4) is 0 Å². The number of hydrogen-bond donors (Lipinski definition) is 2. The molecule has 5 nitrogen and oxygen atoms in total. The van der Waals surface area contributed by atoms with Crippen LogP contribution in [0.15, 0.2) is 4.99 Å². The van der Waals surface area contributed by atoms with E-state index in [0.717, 1.165) is 50.9 Å². The summed E-state index contributed by atoms with van der Waals surface area (Å²) < 4.78 is 11.1. The lowest BCUT2D eigenvalue weighted by Gasteiger charge is -2.34. The van der Waals surface area contributed by atoms with E-state index in [1.165, 1.54) is 0 Å². The molecule has 0 aromatic rings. The zero-order chi connectivity index (χ0) is 14.0. The second-order valence-electron chi connectivity index (χ2n) is 4.61. The fraction of sp³-hybridized carbons (Fsp3) is 0.923.